The molecule has 3 rings (SSSR count). The summed E-state index contributed by atoms with van der Waals surface area (Å²) in [4.78, 5) is 12.4. The molecule has 2 unspecified atom stereocenters. The molecule has 1 amide bonds. The first-order chi connectivity index (χ1) is 10.6. The van der Waals surface area contributed by atoms with Gasteiger partial charge in [-0.05, 0) is 56.4 Å². The number of carbonyl (C=O) groups is 1. The van der Waals surface area contributed by atoms with Gasteiger partial charge in [0.1, 0.15) is 0 Å². The van der Waals surface area contributed by atoms with Crippen molar-refractivity contribution in [3.8, 4) is 0 Å². The highest BCUT2D eigenvalue weighted by Crippen LogP contribution is 2.41. The van der Waals surface area contributed by atoms with E-state index in [9.17, 15) is 4.79 Å². The number of hydrogen-bond donors (Lipinski definition) is 2. The smallest absolute Gasteiger partial charge is 0.223 e. The molecule has 0 heterocycles. The van der Waals surface area contributed by atoms with Gasteiger partial charge >= 0.3 is 0 Å². The molecule has 2 saturated carbocycles. The van der Waals surface area contributed by atoms with Gasteiger partial charge in [-0.15, -0.1) is 0 Å². The normalized spacial score (nSPS) is 30.8. The highest BCUT2D eigenvalue weighted by molar-refractivity contribution is 5.78. The first-order valence-electron chi connectivity index (χ1n) is 8.72. The third-order valence-corrected chi connectivity index (χ3v) is 5.58. The molecule has 1 aromatic carbocycles. The summed E-state index contributed by atoms with van der Waals surface area (Å²) in [7, 11) is 0. The summed E-state index contributed by atoms with van der Waals surface area (Å²) in [6, 6.07) is 8.84. The molecule has 3 N–H and O–H groups in total. The lowest BCUT2D eigenvalue weighted by Gasteiger charge is -2.43. The van der Waals surface area contributed by atoms with Crippen molar-refractivity contribution in [2.24, 2.45) is 23.5 Å². The number of hydrogen-bond acceptors (Lipinski definition) is 2. The van der Waals surface area contributed by atoms with Crippen LogP contribution in [-0.2, 0) is 11.2 Å². The zero-order valence-corrected chi connectivity index (χ0v) is 13.6. The van der Waals surface area contributed by atoms with Gasteiger partial charge in [0.25, 0.3) is 0 Å². The van der Waals surface area contributed by atoms with Crippen molar-refractivity contribution in [1.82, 2.24) is 5.32 Å². The summed E-state index contributed by atoms with van der Waals surface area (Å²) >= 11 is 0. The molecule has 2 fully saturated rings. The maximum Gasteiger partial charge on any atom is 0.223 e. The van der Waals surface area contributed by atoms with E-state index in [-0.39, 0.29) is 11.8 Å². The maximum atomic E-state index is 12.4. The van der Waals surface area contributed by atoms with E-state index in [1.165, 1.54) is 30.4 Å². The molecule has 2 aliphatic carbocycles. The first-order valence-corrected chi connectivity index (χ1v) is 8.72. The zero-order chi connectivity index (χ0) is 15.5. The standard InChI is InChI=1S/C19H28N2O/c1-13-4-2-5-14(10-13)8-9-21-19(22)17-11-15-6-3-7-16(12-17)18(15)20/h2,4-5,10,15-18H,3,6-9,11-12,20H2,1H3,(H,21,22). The Morgan fingerprint density at radius 2 is 2.00 bits per heavy atom. The summed E-state index contributed by atoms with van der Waals surface area (Å²) in [6.45, 7) is 2.84. The van der Waals surface area contributed by atoms with Crippen molar-refractivity contribution in [1.29, 1.82) is 0 Å². The van der Waals surface area contributed by atoms with Gasteiger partial charge in [-0.25, -0.2) is 0 Å². The predicted octanol–water partition coefficient (Wildman–Crippen LogP) is 2.81. The van der Waals surface area contributed by atoms with Crippen molar-refractivity contribution in [2.45, 2.75) is 51.5 Å². The van der Waals surface area contributed by atoms with Gasteiger partial charge in [0, 0.05) is 18.5 Å². The van der Waals surface area contributed by atoms with Crippen molar-refractivity contribution in [2.75, 3.05) is 6.54 Å². The summed E-state index contributed by atoms with van der Waals surface area (Å²) in [5.74, 6) is 1.57. The molecular weight excluding hydrogens is 272 g/mol. The average Bonchev–Trinajstić information content (AvgIpc) is 2.47. The molecule has 2 bridgehead atoms. The molecule has 3 nitrogen and oxygen atoms in total. The van der Waals surface area contributed by atoms with E-state index < -0.39 is 0 Å². The molecule has 3 heteroatoms. The lowest BCUT2D eigenvalue weighted by Crippen LogP contribution is -2.49. The van der Waals surface area contributed by atoms with E-state index in [2.05, 4.69) is 36.5 Å². The lowest BCUT2D eigenvalue weighted by atomic mass is 9.65. The Morgan fingerprint density at radius 1 is 1.27 bits per heavy atom. The number of nitrogens with two attached hydrogens (primary N) is 1. The van der Waals surface area contributed by atoms with Gasteiger partial charge in [0.05, 0.1) is 0 Å². The molecule has 0 spiro atoms. The molecule has 0 saturated heterocycles. The zero-order valence-electron chi connectivity index (χ0n) is 13.6. The highest BCUT2D eigenvalue weighted by Gasteiger charge is 2.40. The monoisotopic (exact) mass is 300 g/mol. The van der Waals surface area contributed by atoms with Crippen LogP contribution in [0.15, 0.2) is 24.3 Å². The van der Waals surface area contributed by atoms with E-state index in [0.29, 0.717) is 17.9 Å². The van der Waals surface area contributed by atoms with Crippen LogP contribution in [0.5, 0.6) is 0 Å². The minimum Gasteiger partial charge on any atom is -0.356 e. The Bertz CT molecular complexity index is 514. The highest BCUT2D eigenvalue weighted by atomic mass is 16.1. The maximum absolute atomic E-state index is 12.4. The van der Waals surface area contributed by atoms with Gasteiger partial charge < -0.3 is 11.1 Å². The number of amides is 1. The van der Waals surface area contributed by atoms with Crippen LogP contribution in [0.3, 0.4) is 0 Å². The van der Waals surface area contributed by atoms with Gasteiger partial charge in [0.2, 0.25) is 5.91 Å². The Labute approximate surface area is 133 Å². The van der Waals surface area contributed by atoms with Crippen molar-refractivity contribution in [3.63, 3.8) is 0 Å². The fourth-order valence-electron chi connectivity index (χ4n) is 4.35. The Hall–Kier alpha value is -1.35. The van der Waals surface area contributed by atoms with Gasteiger partial charge in [-0.1, -0.05) is 36.2 Å². The van der Waals surface area contributed by atoms with Crippen LogP contribution in [0.2, 0.25) is 0 Å². The Kier molecular flexibility index (Phi) is 4.82. The average molecular weight is 300 g/mol. The van der Waals surface area contributed by atoms with Crippen LogP contribution in [0.4, 0.5) is 0 Å². The molecule has 0 radical (unpaired) electrons. The van der Waals surface area contributed by atoms with Crippen molar-refractivity contribution < 1.29 is 4.79 Å². The summed E-state index contributed by atoms with van der Waals surface area (Å²) in [5, 5.41) is 3.14. The van der Waals surface area contributed by atoms with E-state index in [0.717, 1.165) is 25.8 Å². The lowest BCUT2D eigenvalue weighted by molar-refractivity contribution is -0.127. The second kappa shape index (κ2) is 6.82. The molecular formula is C19H28N2O. The molecule has 0 aliphatic heterocycles. The number of aryl methyl sites for hydroxylation is 1. The second-order valence-corrected chi connectivity index (χ2v) is 7.23. The largest absolute Gasteiger partial charge is 0.356 e. The molecule has 1 aromatic rings. The fourth-order valence-corrected chi connectivity index (χ4v) is 4.35. The molecule has 2 aliphatic rings. The predicted molar refractivity (Wildman–Crippen MR) is 89.4 cm³/mol. The van der Waals surface area contributed by atoms with Crippen LogP contribution < -0.4 is 11.1 Å². The molecule has 120 valence electrons. The molecule has 0 aromatic heterocycles. The number of carbonyl (C=O) groups excluding carboxylic acids is 1. The van der Waals surface area contributed by atoms with Crippen LogP contribution >= 0.6 is 0 Å². The number of rotatable bonds is 4. The third-order valence-electron chi connectivity index (χ3n) is 5.58. The van der Waals surface area contributed by atoms with E-state index >= 15 is 0 Å². The van der Waals surface area contributed by atoms with Crippen LogP contribution in [0, 0.1) is 24.7 Å². The second-order valence-electron chi connectivity index (χ2n) is 7.23. The van der Waals surface area contributed by atoms with Crippen molar-refractivity contribution >= 4 is 5.91 Å². The number of fused-ring (bicyclic) bond motifs is 2. The van der Waals surface area contributed by atoms with E-state index in [4.69, 9.17) is 5.73 Å². The molecule has 22 heavy (non-hydrogen) atoms. The summed E-state index contributed by atoms with van der Waals surface area (Å²) < 4.78 is 0. The van der Waals surface area contributed by atoms with E-state index in [1.807, 2.05) is 0 Å². The molecule has 2 atom stereocenters. The Balaban J connectivity index is 1.48. The van der Waals surface area contributed by atoms with Crippen molar-refractivity contribution in [3.05, 3.63) is 35.4 Å². The summed E-state index contributed by atoms with van der Waals surface area (Å²) in [5.41, 5.74) is 8.88. The third kappa shape index (κ3) is 3.52. The van der Waals surface area contributed by atoms with Gasteiger partial charge in [0.15, 0.2) is 0 Å². The first kappa shape index (κ1) is 15.5. The summed E-state index contributed by atoms with van der Waals surface area (Å²) in [6.07, 6.45) is 6.62. The quantitative estimate of drug-likeness (QED) is 0.898. The minimum absolute atomic E-state index is 0.188. The van der Waals surface area contributed by atoms with Crippen LogP contribution in [0.1, 0.15) is 43.2 Å². The number of benzene rings is 1. The fraction of sp³-hybridized carbons (Fsp3) is 0.632. The topological polar surface area (TPSA) is 55.1 Å². The van der Waals surface area contributed by atoms with E-state index in [1.54, 1.807) is 0 Å². The Morgan fingerprint density at radius 3 is 2.68 bits per heavy atom. The van der Waals surface area contributed by atoms with Crippen LogP contribution in [-0.4, -0.2) is 18.5 Å². The SMILES string of the molecule is Cc1cccc(CCNC(=O)C2CC3CCCC(C2)C3N)c1. The van der Waals surface area contributed by atoms with Crippen LogP contribution in [0.25, 0.3) is 0 Å². The van der Waals surface area contributed by atoms with Gasteiger partial charge in [-0.2, -0.15) is 0 Å². The van der Waals surface area contributed by atoms with Gasteiger partial charge in [-0.3, -0.25) is 4.79 Å². The number of nitrogens with one attached hydrogen (secondary N) is 1. The minimum atomic E-state index is 0.188.